The van der Waals surface area contributed by atoms with E-state index in [1.807, 2.05) is 6.07 Å². The van der Waals surface area contributed by atoms with E-state index in [9.17, 15) is 9.90 Å². The van der Waals surface area contributed by atoms with Gasteiger partial charge in [0.2, 0.25) is 0 Å². The smallest absolute Gasteiger partial charge is 0.307 e. The highest BCUT2D eigenvalue weighted by molar-refractivity contribution is 5.73. The number of rotatable bonds is 9. The molecule has 0 radical (unpaired) electrons. The maximum atomic E-state index is 13.7. The minimum Gasteiger partial charge on any atom is -0.481 e. The highest BCUT2D eigenvalue weighted by Crippen LogP contribution is 2.75. The number of nitrogens with zero attached hydrogens (tertiary/aromatic N) is 3. The molecule has 4 fully saturated rings. The second-order valence-electron chi connectivity index (χ2n) is 21.5. The van der Waals surface area contributed by atoms with Crippen LogP contribution in [0.3, 0.4) is 0 Å². The maximum absolute atomic E-state index is 13.7. The summed E-state index contributed by atoms with van der Waals surface area (Å²) >= 11 is 0. The first-order valence-corrected chi connectivity index (χ1v) is 21.2. The van der Waals surface area contributed by atoms with Crippen molar-refractivity contribution in [3.05, 3.63) is 47.8 Å². The number of fused-ring (bicyclic) bond motifs is 3. The number of aromatic nitrogens is 3. The molecule has 5 aliphatic rings. The molecule has 0 unspecified atom stereocenters. The molecule has 2 heterocycles. The fourth-order valence-electron chi connectivity index (χ4n) is 13.1. The van der Waals surface area contributed by atoms with Gasteiger partial charge in [-0.15, -0.1) is 0 Å². The summed E-state index contributed by atoms with van der Waals surface area (Å²) in [5, 5.41) is 16.2. The number of hydrogen-bond acceptors (Lipinski definition) is 7. The predicted octanol–water partition coefficient (Wildman–Crippen LogP) is 8.68. The standard InChI is InChI=1S/C46H71N5O4/c1-28(2)29(3)42(8)19-20-43(9)32-15-16-35-41(7)22-34(51-38(49-27-50-51)31-14-12-13-30(21-31)23-47)37(55-25-45(11,48)40(4,5)6)46(35,26-54-24-41)33(32)17-18-44(43,10)36(42)39(52)53/h12-14,17,21,27-29,32,34-37H,15-16,18-20,22-26,47-48H2,1-11H3,(H,52,53)/t29-,32+,34-,35-,36-,37+,41-,42-,43-,44+,45+,46+/m1/s1. The third-order valence-electron chi connectivity index (χ3n) is 17.6. The van der Waals surface area contributed by atoms with Crippen molar-refractivity contribution in [2.45, 2.75) is 139 Å². The Labute approximate surface area is 330 Å². The number of aliphatic carboxylic acids is 1. The Balaban J connectivity index is 1.41. The molecule has 2 bridgehead atoms. The summed E-state index contributed by atoms with van der Waals surface area (Å²) in [5.41, 5.74) is 14.4. The van der Waals surface area contributed by atoms with Gasteiger partial charge in [-0.3, -0.25) is 4.79 Å². The molecule has 0 spiro atoms. The van der Waals surface area contributed by atoms with Crippen molar-refractivity contribution in [3.8, 4) is 11.4 Å². The van der Waals surface area contributed by atoms with Crippen LogP contribution >= 0.6 is 0 Å². The van der Waals surface area contributed by atoms with Gasteiger partial charge in [0.25, 0.3) is 0 Å². The van der Waals surface area contributed by atoms with Gasteiger partial charge in [-0.05, 0) is 108 Å². The van der Waals surface area contributed by atoms with Crippen LogP contribution < -0.4 is 11.5 Å². The molecule has 12 atom stereocenters. The first kappa shape index (κ1) is 40.6. The Morgan fingerprint density at radius 1 is 1.07 bits per heavy atom. The molecule has 1 aromatic heterocycles. The van der Waals surface area contributed by atoms with Crippen LogP contribution in [0.2, 0.25) is 0 Å². The number of carbonyl (C=O) groups is 1. The van der Waals surface area contributed by atoms with E-state index < -0.39 is 28.3 Å². The molecule has 3 saturated carbocycles. The van der Waals surface area contributed by atoms with Crippen LogP contribution in [-0.4, -0.2) is 57.3 Å². The topological polar surface area (TPSA) is 139 Å². The Morgan fingerprint density at radius 3 is 2.45 bits per heavy atom. The van der Waals surface area contributed by atoms with Crippen LogP contribution in [0.4, 0.5) is 0 Å². The van der Waals surface area contributed by atoms with Crippen molar-refractivity contribution in [3.63, 3.8) is 0 Å². The van der Waals surface area contributed by atoms with E-state index >= 15 is 0 Å². The maximum Gasteiger partial charge on any atom is 0.307 e. The van der Waals surface area contributed by atoms with E-state index in [1.165, 1.54) is 5.57 Å². The summed E-state index contributed by atoms with van der Waals surface area (Å²) in [6.07, 6.45) is 9.49. The number of ether oxygens (including phenoxy) is 2. The molecule has 5 N–H and O–H groups in total. The molecule has 1 saturated heterocycles. The third-order valence-corrected chi connectivity index (χ3v) is 17.6. The number of allylic oxidation sites excluding steroid dienone is 1. The molecular weight excluding hydrogens is 687 g/mol. The number of carboxylic acid groups (broad SMARTS) is 1. The van der Waals surface area contributed by atoms with Gasteiger partial charge in [0.05, 0.1) is 37.9 Å². The second kappa shape index (κ2) is 13.5. The highest BCUT2D eigenvalue weighted by Gasteiger charge is 2.73. The zero-order chi connectivity index (χ0) is 40.1. The largest absolute Gasteiger partial charge is 0.481 e. The zero-order valence-electron chi connectivity index (χ0n) is 35.7. The van der Waals surface area contributed by atoms with E-state index in [1.54, 1.807) is 6.33 Å². The van der Waals surface area contributed by atoms with Gasteiger partial charge >= 0.3 is 5.97 Å². The lowest BCUT2D eigenvalue weighted by Crippen LogP contribution is -2.70. The Kier molecular flexibility index (Phi) is 9.96. The Morgan fingerprint density at radius 2 is 1.80 bits per heavy atom. The fourth-order valence-corrected chi connectivity index (χ4v) is 13.1. The lowest BCUT2D eigenvalue weighted by atomic mass is 9.34. The number of benzene rings is 1. The summed E-state index contributed by atoms with van der Waals surface area (Å²) in [5.74, 6) is 0.964. The minimum absolute atomic E-state index is 0.129. The Bertz CT molecular complexity index is 1810. The van der Waals surface area contributed by atoms with Gasteiger partial charge in [0.1, 0.15) is 6.33 Å². The summed E-state index contributed by atoms with van der Waals surface area (Å²) in [7, 11) is 0. The van der Waals surface area contributed by atoms with Gasteiger partial charge in [0, 0.05) is 23.1 Å². The van der Waals surface area contributed by atoms with E-state index in [2.05, 4.69) is 105 Å². The minimum atomic E-state index is -0.638. The average Bonchev–Trinajstić information content (AvgIpc) is 3.60. The van der Waals surface area contributed by atoms with Crippen LogP contribution in [-0.2, 0) is 20.8 Å². The summed E-state index contributed by atoms with van der Waals surface area (Å²) in [4.78, 5) is 18.6. The van der Waals surface area contributed by atoms with Crippen LogP contribution in [0.25, 0.3) is 11.4 Å². The monoisotopic (exact) mass is 758 g/mol. The van der Waals surface area contributed by atoms with Gasteiger partial charge in [-0.1, -0.05) is 99.1 Å². The van der Waals surface area contributed by atoms with Gasteiger partial charge in [-0.25, -0.2) is 9.67 Å². The highest BCUT2D eigenvalue weighted by atomic mass is 16.5. The summed E-state index contributed by atoms with van der Waals surface area (Å²) in [6.45, 7) is 27.1. The number of carboxylic acids is 1. The van der Waals surface area contributed by atoms with E-state index in [0.29, 0.717) is 38.2 Å². The first-order chi connectivity index (χ1) is 25.6. The van der Waals surface area contributed by atoms with Crippen LogP contribution in [0.1, 0.15) is 126 Å². The quantitative estimate of drug-likeness (QED) is 0.216. The van der Waals surface area contributed by atoms with E-state index in [4.69, 9.17) is 31.0 Å². The third kappa shape index (κ3) is 5.86. The fraction of sp³-hybridized carbons (Fsp3) is 0.761. The van der Waals surface area contributed by atoms with Crippen molar-refractivity contribution < 1.29 is 19.4 Å². The molecule has 0 amide bonds. The van der Waals surface area contributed by atoms with Crippen molar-refractivity contribution in [1.82, 2.24) is 14.8 Å². The number of hydrogen-bond donors (Lipinski definition) is 3. The summed E-state index contributed by atoms with van der Waals surface area (Å²) < 4.78 is 16.5. The molecule has 55 heavy (non-hydrogen) atoms. The van der Waals surface area contributed by atoms with Crippen molar-refractivity contribution in [2.75, 3.05) is 19.8 Å². The molecule has 1 aliphatic heterocycles. The molecule has 2 aromatic rings. The van der Waals surface area contributed by atoms with Crippen molar-refractivity contribution >= 4 is 5.97 Å². The lowest BCUT2D eigenvalue weighted by Gasteiger charge is -2.71. The molecule has 7 rings (SSSR count). The Hall–Kier alpha value is -2.59. The van der Waals surface area contributed by atoms with Gasteiger partial charge < -0.3 is 26.0 Å². The molecule has 4 aliphatic carbocycles. The molecule has 9 heteroatoms. The number of nitrogens with two attached hydrogens (primary N) is 2. The average molecular weight is 758 g/mol. The van der Waals surface area contributed by atoms with Gasteiger partial charge in [-0.2, -0.15) is 5.10 Å². The molecule has 304 valence electrons. The SMILES string of the molecule is CC(C)[C@@H](C)[C@@]1(C)CC[C@]2(C)[C@H]3CC[C@@H]4[C@@]5(C)COC[C@@]4(C3=CC[C@@]2(C)[C@@H]1C(=O)O)[C@@H](OC[C@](C)(N)C(C)(C)C)[C@H](n1ncnc1-c1cccc(CN)c1)C5. The second-order valence-corrected chi connectivity index (χ2v) is 21.5. The summed E-state index contributed by atoms with van der Waals surface area (Å²) in [6, 6.07) is 8.19. The molecular formula is C46H71N5O4. The normalized spacial score (nSPS) is 40.3. The van der Waals surface area contributed by atoms with Crippen LogP contribution in [0, 0.1) is 62.1 Å². The molecule has 9 nitrogen and oxygen atoms in total. The zero-order valence-corrected chi connectivity index (χ0v) is 35.7. The van der Waals surface area contributed by atoms with Crippen molar-refractivity contribution in [1.29, 1.82) is 0 Å². The predicted molar refractivity (Wildman–Crippen MR) is 218 cm³/mol. The van der Waals surface area contributed by atoms with E-state index in [-0.39, 0.29) is 45.6 Å². The van der Waals surface area contributed by atoms with Gasteiger partial charge in [0.15, 0.2) is 5.82 Å². The van der Waals surface area contributed by atoms with Crippen molar-refractivity contribution in [2.24, 2.45) is 73.5 Å². The lowest BCUT2D eigenvalue weighted by molar-refractivity contribution is -0.255. The first-order valence-electron chi connectivity index (χ1n) is 21.2. The van der Waals surface area contributed by atoms with Crippen LogP contribution in [0.5, 0.6) is 0 Å². The van der Waals surface area contributed by atoms with Crippen LogP contribution in [0.15, 0.2) is 42.2 Å². The van der Waals surface area contributed by atoms with E-state index in [0.717, 1.165) is 55.5 Å². The molecule has 1 aromatic carbocycles.